The van der Waals surface area contributed by atoms with Crippen molar-refractivity contribution in [3.63, 3.8) is 0 Å². The van der Waals surface area contributed by atoms with Gasteiger partial charge in [-0.05, 0) is 41.8 Å². The number of ether oxygens (including phenoxy) is 2. The van der Waals surface area contributed by atoms with Gasteiger partial charge in [-0.1, -0.05) is 36.4 Å². The second kappa shape index (κ2) is 8.56. The number of hydrogen-bond donors (Lipinski definition) is 0. The lowest BCUT2D eigenvalue weighted by Crippen LogP contribution is -2.14. The van der Waals surface area contributed by atoms with Crippen LogP contribution in [-0.2, 0) is 15.7 Å². The Bertz CT molecular complexity index is 747. The number of esters is 1. The Labute approximate surface area is 150 Å². The lowest BCUT2D eigenvalue weighted by atomic mass is 9.94. The zero-order valence-electron chi connectivity index (χ0n) is 14.4. The fourth-order valence-electron chi connectivity index (χ4n) is 2.47. The van der Waals surface area contributed by atoms with Gasteiger partial charge in [-0.3, -0.25) is 4.79 Å². The number of methoxy groups -OCH3 is 2. The Kier molecular flexibility index (Phi) is 6.44. The van der Waals surface area contributed by atoms with Gasteiger partial charge >= 0.3 is 12.1 Å². The van der Waals surface area contributed by atoms with Crippen molar-refractivity contribution in [3.05, 3.63) is 71.3 Å². The Morgan fingerprint density at radius 1 is 1.04 bits per heavy atom. The van der Waals surface area contributed by atoms with Crippen LogP contribution in [0.25, 0.3) is 6.08 Å². The van der Waals surface area contributed by atoms with Crippen molar-refractivity contribution >= 4 is 12.0 Å². The van der Waals surface area contributed by atoms with E-state index < -0.39 is 23.6 Å². The van der Waals surface area contributed by atoms with Crippen LogP contribution >= 0.6 is 0 Å². The molecule has 3 nitrogen and oxygen atoms in total. The molecule has 2 rings (SSSR count). The van der Waals surface area contributed by atoms with Crippen molar-refractivity contribution in [2.24, 2.45) is 0 Å². The van der Waals surface area contributed by atoms with Crippen LogP contribution in [-0.4, -0.2) is 20.2 Å². The minimum Gasteiger partial charge on any atom is -0.497 e. The molecule has 0 saturated carbocycles. The predicted molar refractivity (Wildman–Crippen MR) is 92.8 cm³/mol. The van der Waals surface area contributed by atoms with Crippen LogP contribution in [0.5, 0.6) is 5.75 Å². The van der Waals surface area contributed by atoms with Crippen molar-refractivity contribution in [2.75, 3.05) is 14.2 Å². The van der Waals surface area contributed by atoms with E-state index in [0.717, 1.165) is 23.4 Å². The van der Waals surface area contributed by atoms with E-state index in [1.165, 1.54) is 19.2 Å². The molecule has 0 spiro atoms. The van der Waals surface area contributed by atoms with Crippen molar-refractivity contribution in [2.45, 2.75) is 18.5 Å². The summed E-state index contributed by atoms with van der Waals surface area (Å²) in [5, 5.41) is 0. The summed E-state index contributed by atoms with van der Waals surface area (Å²) >= 11 is 0. The van der Waals surface area contributed by atoms with Crippen molar-refractivity contribution < 1.29 is 27.4 Å². The molecule has 0 aliphatic carbocycles. The van der Waals surface area contributed by atoms with Crippen LogP contribution in [0, 0.1) is 0 Å². The molecule has 2 aromatic rings. The van der Waals surface area contributed by atoms with Crippen molar-refractivity contribution in [1.82, 2.24) is 0 Å². The summed E-state index contributed by atoms with van der Waals surface area (Å²) in [7, 11) is 2.84. The van der Waals surface area contributed by atoms with Gasteiger partial charge in [-0.25, -0.2) is 0 Å². The molecule has 0 saturated heterocycles. The summed E-state index contributed by atoms with van der Waals surface area (Å²) in [4.78, 5) is 12.0. The van der Waals surface area contributed by atoms with Gasteiger partial charge in [0.2, 0.25) is 0 Å². The number of alkyl halides is 3. The molecule has 138 valence electrons. The third-order valence-electron chi connectivity index (χ3n) is 3.92. The largest absolute Gasteiger partial charge is 0.497 e. The molecule has 0 N–H and O–H groups in total. The first kappa shape index (κ1) is 19.6. The van der Waals surface area contributed by atoms with Gasteiger partial charge in [-0.15, -0.1) is 0 Å². The number of allylic oxidation sites excluding steroid dienone is 1. The lowest BCUT2D eigenvalue weighted by Gasteiger charge is -2.14. The monoisotopic (exact) mass is 364 g/mol. The van der Waals surface area contributed by atoms with E-state index in [9.17, 15) is 18.0 Å². The second-order valence-corrected chi connectivity index (χ2v) is 5.61. The normalized spacial score (nSPS) is 12.8. The molecular formula is C20H19F3O3. The van der Waals surface area contributed by atoms with Crippen LogP contribution < -0.4 is 4.74 Å². The fraction of sp³-hybridized carbons (Fsp3) is 0.250. The first-order chi connectivity index (χ1) is 12.3. The molecule has 0 aliphatic rings. The van der Waals surface area contributed by atoms with E-state index in [1.54, 1.807) is 13.2 Å². The van der Waals surface area contributed by atoms with Crippen molar-refractivity contribution in [3.8, 4) is 5.75 Å². The number of carbonyl (C=O) groups excluding carboxylic acids is 1. The third-order valence-corrected chi connectivity index (χ3v) is 3.92. The first-order valence-electron chi connectivity index (χ1n) is 7.90. The van der Waals surface area contributed by atoms with E-state index in [1.807, 2.05) is 30.3 Å². The summed E-state index contributed by atoms with van der Waals surface area (Å²) in [5.41, 5.74) is 0.643. The summed E-state index contributed by atoms with van der Waals surface area (Å²) in [5.74, 6) is -0.430. The SMILES string of the molecule is COC(=O)[C@@H](C/C=C/c1ccc(OC)cc1)c1ccc(C(F)(F)F)cc1. The van der Waals surface area contributed by atoms with Gasteiger partial charge in [0, 0.05) is 0 Å². The van der Waals surface area contributed by atoms with Crippen LogP contribution in [0.4, 0.5) is 13.2 Å². The van der Waals surface area contributed by atoms with E-state index >= 15 is 0 Å². The van der Waals surface area contributed by atoms with Gasteiger partial charge in [0.25, 0.3) is 0 Å². The van der Waals surface area contributed by atoms with Crippen LogP contribution in [0.1, 0.15) is 29.0 Å². The standard InChI is InChI=1S/C20H19F3O3/c1-25-17-12-6-14(7-13-17)4-3-5-18(19(24)26-2)15-8-10-16(11-9-15)20(21,22)23/h3-4,6-13,18H,5H2,1-2H3/b4-3+/t18-/m0/s1. The minimum atomic E-state index is -4.41. The predicted octanol–water partition coefficient (Wildman–Crippen LogP) is 5.07. The molecule has 0 fully saturated rings. The van der Waals surface area contributed by atoms with Crippen LogP contribution in [0.2, 0.25) is 0 Å². The summed E-state index contributed by atoms with van der Waals surface area (Å²) in [6.07, 6.45) is -0.474. The van der Waals surface area contributed by atoms with Gasteiger partial charge in [-0.2, -0.15) is 13.2 Å². The number of hydrogen-bond acceptors (Lipinski definition) is 3. The minimum absolute atomic E-state index is 0.310. The zero-order valence-corrected chi connectivity index (χ0v) is 14.4. The molecular weight excluding hydrogens is 345 g/mol. The maximum atomic E-state index is 12.7. The number of benzene rings is 2. The molecule has 6 heteroatoms. The Hall–Kier alpha value is -2.76. The lowest BCUT2D eigenvalue weighted by molar-refractivity contribution is -0.142. The highest BCUT2D eigenvalue weighted by atomic mass is 19.4. The van der Waals surface area contributed by atoms with Crippen LogP contribution in [0.15, 0.2) is 54.6 Å². The smallest absolute Gasteiger partial charge is 0.416 e. The molecule has 0 aromatic heterocycles. The average molecular weight is 364 g/mol. The highest BCUT2D eigenvalue weighted by Crippen LogP contribution is 2.31. The van der Waals surface area contributed by atoms with E-state index in [-0.39, 0.29) is 0 Å². The third kappa shape index (κ3) is 5.12. The Morgan fingerprint density at radius 2 is 1.65 bits per heavy atom. The molecule has 0 amide bonds. The van der Waals surface area contributed by atoms with Crippen molar-refractivity contribution in [1.29, 1.82) is 0 Å². The Balaban J connectivity index is 2.14. The molecule has 0 aliphatic heterocycles. The molecule has 1 atom stereocenters. The topological polar surface area (TPSA) is 35.5 Å². The van der Waals surface area contributed by atoms with E-state index in [4.69, 9.17) is 9.47 Å². The fourth-order valence-corrected chi connectivity index (χ4v) is 2.47. The van der Waals surface area contributed by atoms with E-state index in [0.29, 0.717) is 12.0 Å². The highest BCUT2D eigenvalue weighted by molar-refractivity contribution is 5.78. The van der Waals surface area contributed by atoms with Gasteiger partial charge in [0.1, 0.15) is 5.75 Å². The number of halogens is 3. The van der Waals surface area contributed by atoms with Gasteiger partial charge in [0.15, 0.2) is 0 Å². The van der Waals surface area contributed by atoms with Crippen LogP contribution in [0.3, 0.4) is 0 Å². The summed E-state index contributed by atoms with van der Waals surface area (Å²) in [6, 6.07) is 11.9. The molecule has 0 heterocycles. The molecule has 26 heavy (non-hydrogen) atoms. The summed E-state index contributed by atoms with van der Waals surface area (Å²) < 4.78 is 47.9. The maximum Gasteiger partial charge on any atom is 0.416 e. The van der Waals surface area contributed by atoms with Gasteiger partial charge < -0.3 is 9.47 Å². The second-order valence-electron chi connectivity index (χ2n) is 5.61. The van der Waals surface area contributed by atoms with Gasteiger partial charge in [0.05, 0.1) is 25.7 Å². The van der Waals surface area contributed by atoms with E-state index in [2.05, 4.69) is 0 Å². The molecule has 0 radical (unpaired) electrons. The summed E-state index contributed by atoms with van der Waals surface area (Å²) in [6.45, 7) is 0. The first-order valence-corrected chi connectivity index (χ1v) is 7.90. The molecule has 2 aromatic carbocycles. The average Bonchev–Trinajstić information content (AvgIpc) is 2.64. The number of carbonyl (C=O) groups is 1. The Morgan fingerprint density at radius 3 is 2.15 bits per heavy atom. The highest BCUT2D eigenvalue weighted by Gasteiger charge is 2.30. The zero-order chi connectivity index (χ0) is 19.2. The number of rotatable bonds is 6. The molecule has 0 bridgehead atoms. The molecule has 0 unspecified atom stereocenters. The maximum absolute atomic E-state index is 12.7. The quantitative estimate of drug-likeness (QED) is 0.671.